The molecule has 0 saturated carbocycles. The van der Waals surface area contributed by atoms with E-state index >= 15 is 0 Å². The van der Waals surface area contributed by atoms with Crippen LogP contribution < -0.4 is 4.74 Å². The minimum atomic E-state index is -0.130. The molecule has 2 aromatic rings. The average Bonchev–Trinajstić information content (AvgIpc) is 2.89. The molecule has 0 heterocycles. The number of carbonyl (C=O) groups is 1. The lowest BCUT2D eigenvalue weighted by atomic mass is 10.0. The van der Waals surface area contributed by atoms with Crippen molar-refractivity contribution in [2.24, 2.45) is 0 Å². The monoisotopic (exact) mass is 492 g/mol. The van der Waals surface area contributed by atoms with Crippen LogP contribution in [0.4, 0.5) is 0 Å². The lowest BCUT2D eigenvalue weighted by Gasteiger charge is -2.07. The number of unbranched alkanes of at least 4 members (excludes halogenated alkanes) is 15. The summed E-state index contributed by atoms with van der Waals surface area (Å²) < 4.78 is 5.87. The van der Waals surface area contributed by atoms with Crippen molar-refractivity contribution < 1.29 is 14.6 Å². The summed E-state index contributed by atoms with van der Waals surface area (Å²) in [6.45, 7) is 3.04. The molecule has 198 valence electrons. The molecule has 0 aliphatic rings. The lowest BCUT2D eigenvalue weighted by Crippen LogP contribution is -1.97. The van der Waals surface area contributed by atoms with Crippen molar-refractivity contribution >= 4 is 11.9 Å². The predicted molar refractivity (Wildman–Crippen MR) is 153 cm³/mol. The minimum Gasteiger partial charge on any atom is -0.508 e. The van der Waals surface area contributed by atoms with Crippen molar-refractivity contribution in [2.45, 2.75) is 110 Å². The number of aromatic hydroxyl groups is 1. The first-order chi connectivity index (χ1) is 17.7. The largest absolute Gasteiger partial charge is 0.508 e. The van der Waals surface area contributed by atoms with Crippen LogP contribution in [-0.2, 0) is 0 Å². The maximum atomic E-state index is 12.2. The SMILES string of the molecule is CCCCCCCCCCCCCCCCCCOc1ccc(C=CC(=O)c2cccc(O)c2)cc1. The van der Waals surface area contributed by atoms with Gasteiger partial charge in [0.1, 0.15) is 11.5 Å². The molecule has 2 aromatic carbocycles. The molecule has 0 spiro atoms. The van der Waals surface area contributed by atoms with Crippen LogP contribution in [0.15, 0.2) is 54.6 Å². The van der Waals surface area contributed by atoms with Gasteiger partial charge >= 0.3 is 0 Å². The van der Waals surface area contributed by atoms with E-state index in [-0.39, 0.29) is 11.5 Å². The van der Waals surface area contributed by atoms with Crippen molar-refractivity contribution in [2.75, 3.05) is 6.61 Å². The molecule has 0 amide bonds. The normalized spacial score (nSPS) is 11.2. The van der Waals surface area contributed by atoms with Crippen molar-refractivity contribution in [1.82, 2.24) is 0 Å². The summed E-state index contributed by atoms with van der Waals surface area (Å²) in [5.41, 5.74) is 1.42. The molecule has 0 bridgehead atoms. The molecule has 36 heavy (non-hydrogen) atoms. The fourth-order valence-corrected chi connectivity index (χ4v) is 4.44. The fraction of sp³-hybridized carbons (Fsp3) is 0.545. The van der Waals surface area contributed by atoms with Gasteiger partial charge < -0.3 is 9.84 Å². The molecule has 1 N–H and O–H groups in total. The van der Waals surface area contributed by atoms with Crippen LogP contribution >= 0.6 is 0 Å². The maximum absolute atomic E-state index is 12.2. The Bertz CT molecular complexity index is 853. The Balaban J connectivity index is 1.42. The molecule has 0 radical (unpaired) electrons. The highest BCUT2D eigenvalue weighted by molar-refractivity contribution is 6.07. The lowest BCUT2D eigenvalue weighted by molar-refractivity contribution is 0.104. The van der Waals surface area contributed by atoms with Crippen LogP contribution in [0.5, 0.6) is 11.5 Å². The van der Waals surface area contributed by atoms with Crippen LogP contribution in [0.25, 0.3) is 6.08 Å². The van der Waals surface area contributed by atoms with Gasteiger partial charge in [0.25, 0.3) is 0 Å². The summed E-state index contributed by atoms with van der Waals surface area (Å²) >= 11 is 0. The first-order valence-electron chi connectivity index (χ1n) is 14.4. The van der Waals surface area contributed by atoms with Gasteiger partial charge in [-0.25, -0.2) is 0 Å². The number of hydrogen-bond donors (Lipinski definition) is 1. The zero-order chi connectivity index (χ0) is 25.7. The summed E-state index contributed by atoms with van der Waals surface area (Å²) in [7, 11) is 0. The predicted octanol–water partition coefficient (Wildman–Crippen LogP) is 9.93. The number of rotatable bonds is 21. The average molecular weight is 493 g/mol. The van der Waals surface area contributed by atoms with Gasteiger partial charge in [-0.3, -0.25) is 4.79 Å². The number of carbonyl (C=O) groups excluding carboxylic acids is 1. The van der Waals surface area contributed by atoms with E-state index in [1.54, 1.807) is 24.3 Å². The highest BCUT2D eigenvalue weighted by Gasteiger charge is 2.02. The van der Waals surface area contributed by atoms with Gasteiger partial charge in [0.15, 0.2) is 5.78 Å². The van der Waals surface area contributed by atoms with E-state index in [0.29, 0.717) is 5.56 Å². The van der Waals surface area contributed by atoms with Gasteiger partial charge in [0.2, 0.25) is 0 Å². The number of ether oxygens (including phenoxy) is 1. The van der Waals surface area contributed by atoms with Crippen LogP contribution in [-0.4, -0.2) is 17.5 Å². The molecule has 0 fully saturated rings. The van der Waals surface area contributed by atoms with E-state index in [9.17, 15) is 9.90 Å². The van der Waals surface area contributed by atoms with Crippen molar-refractivity contribution in [3.8, 4) is 11.5 Å². The van der Waals surface area contributed by atoms with Crippen LogP contribution in [0.2, 0.25) is 0 Å². The van der Waals surface area contributed by atoms with E-state index in [1.807, 2.05) is 24.3 Å². The molecule has 0 atom stereocenters. The quantitative estimate of drug-likeness (QED) is 0.107. The Kier molecular flexibility index (Phi) is 16.2. The summed E-state index contributed by atoms with van der Waals surface area (Å²) in [5, 5.41) is 9.50. The summed E-state index contributed by atoms with van der Waals surface area (Å²) in [6.07, 6.45) is 25.3. The summed E-state index contributed by atoms with van der Waals surface area (Å²) in [6, 6.07) is 14.2. The third kappa shape index (κ3) is 14.1. The molecular formula is C33H48O3. The number of allylic oxidation sites excluding steroid dienone is 1. The fourth-order valence-electron chi connectivity index (χ4n) is 4.44. The molecule has 3 nitrogen and oxygen atoms in total. The van der Waals surface area contributed by atoms with E-state index < -0.39 is 0 Å². The molecule has 0 saturated heterocycles. The second-order valence-corrected chi connectivity index (χ2v) is 9.97. The zero-order valence-electron chi connectivity index (χ0n) is 22.6. The van der Waals surface area contributed by atoms with Gasteiger partial charge in [0, 0.05) is 5.56 Å². The van der Waals surface area contributed by atoms with E-state index in [2.05, 4.69) is 6.92 Å². The van der Waals surface area contributed by atoms with E-state index in [4.69, 9.17) is 4.74 Å². The smallest absolute Gasteiger partial charge is 0.185 e. The molecule has 0 aromatic heterocycles. The van der Waals surface area contributed by atoms with Crippen LogP contribution in [0, 0.1) is 0 Å². The van der Waals surface area contributed by atoms with E-state index in [1.165, 1.54) is 108 Å². The second kappa shape index (κ2) is 19.6. The summed E-state index contributed by atoms with van der Waals surface area (Å²) in [4.78, 5) is 12.2. The Morgan fingerprint density at radius 2 is 1.25 bits per heavy atom. The van der Waals surface area contributed by atoms with Gasteiger partial charge in [-0.2, -0.15) is 0 Å². The second-order valence-electron chi connectivity index (χ2n) is 9.97. The van der Waals surface area contributed by atoms with Crippen molar-refractivity contribution in [1.29, 1.82) is 0 Å². The van der Waals surface area contributed by atoms with Crippen molar-refractivity contribution in [3.05, 3.63) is 65.7 Å². The number of phenols is 1. The number of ketones is 1. The zero-order valence-corrected chi connectivity index (χ0v) is 22.6. The van der Waals surface area contributed by atoms with Crippen molar-refractivity contribution in [3.63, 3.8) is 0 Å². The van der Waals surface area contributed by atoms with Gasteiger partial charge in [-0.1, -0.05) is 134 Å². The maximum Gasteiger partial charge on any atom is 0.185 e. The third-order valence-electron chi connectivity index (χ3n) is 6.70. The molecule has 0 unspecified atom stereocenters. The van der Waals surface area contributed by atoms with Gasteiger partial charge in [-0.05, 0) is 42.3 Å². The minimum absolute atomic E-state index is 0.0973. The highest BCUT2D eigenvalue weighted by Crippen LogP contribution is 2.17. The molecule has 0 aliphatic heterocycles. The highest BCUT2D eigenvalue weighted by atomic mass is 16.5. The van der Waals surface area contributed by atoms with Gasteiger partial charge in [-0.15, -0.1) is 0 Å². The first kappa shape index (κ1) is 29.7. The Hall–Kier alpha value is -2.55. The Morgan fingerprint density at radius 3 is 1.78 bits per heavy atom. The third-order valence-corrected chi connectivity index (χ3v) is 6.70. The number of hydrogen-bond acceptors (Lipinski definition) is 3. The Labute approximate surface area is 220 Å². The standard InChI is InChI=1S/C33H48O3/c1-2-3-4-5-6-7-8-9-10-11-12-13-14-15-16-17-27-36-32-24-21-29(22-25-32)23-26-33(35)30-19-18-20-31(34)28-30/h18-26,28,34H,2-17,27H2,1H3. The van der Waals surface area contributed by atoms with E-state index in [0.717, 1.165) is 24.3 Å². The first-order valence-corrected chi connectivity index (χ1v) is 14.4. The van der Waals surface area contributed by atoms with Crippen LogP contribution in [0.1, 0.15) is 126 Å². The topological polar surface area (TPSA) is 46.5 Å². The molecular weight excluding hydrogens is 444 g/mol. The molecule has 0 aliphatic carbocycles. The molecule has 3 heteroatoms. The molecule has 2 rings (SSSR count). The number of phenolic OH excluding ortho intramolecular Hbond substituents is 1. The van der Waals surface area contributed by atoms with Crippen LogP contribution in [0.3, 0.4) is 0 Å². The number of benzene rings is 2. The summed E-state index contributed by atoms with van der Waals surface area (Å²) in [5.74, 6) is 0.835. The Morgan fingerprint density at radius 1 is 0.722 bits per heavy atom. The van der Waals surface area contributed by atoms with Gasteiger partial charge in [0.05, 0.1) is 6.61 Å².